The Balaban J connectivity index is 2.14. The number of nitro groups is 1. The molecule has 0 radical (unpaired) electrons. The van der Waals surface area contributed by atoms with Crippen molar-refractivity contribution in [3.63, 3.8) is 0 Å². The van der Waals surface area contributed by atoms with Crippen LogP contribution in [-0.4, -0.2) is 30.0 Å². The summed E-state index contributed by atoms with van der Waals surface area (Å²) in [5.41, 5.74) is 0.485. The van der Waals surface area contributed by atoms with Crippen LogP contribution in [0.3, 0.4) is 0 Å². The number of anilines is 1. The Morgan fingerprint density at radius 1 is 1.33 bits per heavy atom. The Hall–Kier alpha value is -3.01. The van der Waals surface area contributed by atoms with Gasteiger partial charge in [-0.3, -0.25) is 14.9 Å². The zero-order valence-corrected chi connectivity index (χ0v) is 15.6. The molecule has 0 bridgehead atoms. The van der Waals surface area contributed by atoms with Crippen molar-refractivity contribution >= 4 is 33.9 Å². The summed E-state index contributed by atoms with van der Waals surface area (Å²) >= 11 is 1.20. The lowest BCUT2D eigenvalue weighted by Crippen LogP contribution is -2.21. The van der Waals surface area contributed by atoms with Gasteiger partial charge < -0.3 is 14.8 Å². The minimum absolute atomic E-state index is 0.187. The molecule has 0 saturated heterocycles. The number of hydrogen-bond donors (Lipinski definition) is 1. The molecule has 0 saturated carbocycles. The molecule has 0 aliphatic rings. The fraction of sp³-hybridized carbons (Fsp3) is 0.294. The van der Waals surface area contributed by atoms with Crippen molar-refractivity contribution in [1.29, 1.82) is 0 Å². The first-order valence-corrected chi connectivity index (χ1v) is 8.70. The van der Waals surface area contributed by atoms with Crippen LogP contribution in [-0.2, 0) is 9.53 Å². The predicted octanol–water partition coefficient (Wildman–Crippen LogP) is 3.61. The van der Waals surface area contributed by atoms with Crippen molar-refractivity contribution < 1.29 is 28.4 Å². The Morgan fingerprint density at radius 2 is 2.04 bits per heavy atom. The number of halogens is 1. The molecule has 1 aromatic heterocycles. The average molecular weight is 396 g/mol. The Morgan fingerprint density at radius 3 is 2.67 bits per heavy atom. The molecular weight excluding hydrogens is 379 g/mol. The summed E-state index contributed by atoms with van der Waals surface area (Å²) in [6, 6.07) is 2.70. The summed E-state index contributed by atoms with van der Waals surface area (Å²) in [5.74, 6) is -2.30. The first-order valence-electron chi connectivity index (χ1n) is 7.88. The molecule has 0 atom stereocenters. The van der Waals surface area contributed by atoms with E-state index in [1.807, 2.05) is 0 Å². The van der Waals surface area contributed by atoms with E-state index in [0.717, 1.165) is 23.1 Å². The monoisotopic (exact) mass is 396 g/mol. The SMILES string of the molecule is CCOC(=O)c1c(NC(=O)COc2cc(F)ccc2[N+](=O)[O-])sc(C)c1C. The van der Waals surface area contributed by atoms with Crippen molar-refractivity contribution in [1.82, 2.24) is 0 Å². The van der Waals surface area contributed by atoms with Gasteiger partial charge in [0.25, 0.3) is 5.91 Å². The van der Waals surface area contributed by atoms with Gasteiger partial charge in [-0.25, -0.2) is 9.18 Å². The van der Waals surface area contributed by atoms with E-state index in [-0.39, 0.29) is 17.9 Å². The van der Waals surface area contributed by atoms with Gasteiger partial charge in [0.15, 0.2) is 6.61 Å². The summed E-state index contributed by atoms with van der Waals surface area (Å²) in [7, 11) is 0. The van der Waals surface area contributed by atoms with E-state index in [0.29, 0.717) is 10.6 Å². The number of hydrogen-bond acceptors (Lipinski definition) is 7. The normalized spacial score (nSPS) is 10.4. The molecule has 144 valence electrons. The number of carbonyl (C=O) groups excluding carboxylic acids is 2. The molecular formula is C17H17FN2O6S. The van der Waals surface area contributed by atoms with E-state index in [9.17, 15) is 24.1 Å². The van der Waals surface area contributed by atoms with E-state index in [4.69, 9.17) is 9.47 Å². The summed E-state index contributed by atoms with van der Waals surface area (Å²) in [6.07, 6.45) is 0. The third-order valence-corrected chi connectivity index (χ3v) is 4.72. The molecule has 0 aliphatic carbocycles. The summed E-state index contributed by atoms with van der Waals surface area (Å²) in [4.78, 5) is 35.3. The lowest BCUT2D eigenvalue weighted by atomic mass is 10.1. The van der Waals surface area contributed by atoms with Gasteiger partial charge in [0, 0.05) is 17.0 Å². The number of rotatable bonds is 7. The summed E-state index contributed by atoms with van der Waals surface area (Å²) < 4.78 is 23.4. The van der Waals surface area contributed by atoms with Gasteiger partial charge in [-0.15, -0.1) is 11.3 Å². The zero-order valence-electron chi connectivity index (χ0n) is 14.8. The first kappa shape index (κ1) is 20.3. The molecule has 1 amide bonds. The highest BCUT2D eigenvalue weighted by Gasteiger charge is 2.23. The number of nitrogens with zero attached hydrogens (tertiary/aromatic N) is 1. The number of aryl methyl sites for hydroxylation is 1. The fourth-order valence-corrected chi connectivity index (χ4v) is 3.29. The second-order valence-electron chi connectivity index (χ2n) is 5.41. The maximum Gasteiger partial charge on any atom is 0.341 e. The molecule has 0 aliphatic heterocycles. The lowest BCUT2D eigenvalue weighted by Gasteiger charge is -2.09. The second kappa shape index (κ2) is 8.58. The molecule has 2 rings (SSSR count). The van der Waals surface area contributed by atoms with E-state index in [2.05, 4.69) is 5.32 Å². The number of nitrogens with one attached hydrogen (secondary N) is 1. The molecule has 0 unspecified atom stereocenters. The minimum Gasteiger partial charge on any atom is -0.477 e. The van der Waals surface area contributed by atoms with E-state index >= 15 is 0 Å². The van der Waals surface area contributed by atoms with Gasteiger partial charge in [0.05, 0.1) is 17.1 Å². The van der Waals surface area contributed by atoms with E-state index < -0.39 is 34.9 Å². The molecule has 10 heteroatoms. The second-order valence-corrected chi connectivity index (χ2v) is 6.64. The number of thiophene rings is 1. The van der Waals surface area contributed by atoms with Crippen LogP contribution in [0, 0.1) is 29.8 Å². The maximum atomic E-state index is 13.3. The van der Waals surface area contributed by atoms with Crippen molar-refractivity contribution in [2.75, 3.05) is 18.5 Å². The topological polar surface area (TPSA) is 108 Å². The van der Waals surface area contributed by atoms with Crippen LogP contribution in [0.4, 0.5) is 15.1 Å². The minimum atomic E-state index is -0.739. The van der Waals surface area contributed by atoms with Crippen LogP contribution < -0.4 is 10.1 Å². The molecule has 27 heavy (non-hydrogen) atoms. The number of benzene rings is 1. The van der Waals surface area contributed by atoms with Gasteiger partial charge in [-0.1, -0.05) is 0 Å². The standard InChI is InChI=1S/C17H17FN2O6S/c1-4-25-17(22)15-9(2)10(3)27-16(15)19-14(21)8-26-13-7-11(18)5-6-12(13)20(23)24/h5-7H,4,8H2,1-3H3,(H,19,21). The molecule has 1 aromatic carbocycles. The van der Waals surface area contributed by atoms with Crippen molar-refractivity contribution in [3.05, 3.63) is 50.1 Å². The van der Waals surface area contributed by atoms with Crippen molar-refractivity contribution in [3.8, 4) is 5.75 Å². The molecule has 2 aromatic rings. The average Bonchev–Trinajstić information content (AvgIpc) is 2.86. The van der Waals surface area contributed by atoms with Crippen LogP contribution in [0.1, 0.15) is 27.7 Å². The van der Waals surface area contributed by atoms with Crippen LogP contribution in [0.2, 0.25) is 0 Å². The molecule has 8 nitrogen and oxygen atoms in total. The fourth-order valence-electron chi connectivity index (χ4n) is 2.22. The van der Waals surface area contributed by atoms with Gasteiger partial charge in [-0.05, 0) is 32.4 Å². The Kier molecular flexibility index (Phi) is 6.45. The molecule has 0 spiro atoms. The molecule has 0 fully saturated rings. The van der Waals surface area contributed by atoms with Crippen LogP contribution in [0.5, 0.6) is 5.75 Å². The molecule has 1 N–H and O–H groups in total. The predicted molar refractivity (Wildman–Crippen MR) is 96.9 cm³/mol. The van der Waals surface area contributed by atoms with Gasteiger partial charge in [0.2, 0.25) is 5.75 Å². The highest BCUT2D eigenvalue weighted by molar-refractivity contribution is 7.16. The van der Waals surface area contributed by atoms with Gasteiger partial charge in [0.1, 0.15) is 10.8 Å². The number of ether oxygens (including phenoxy) is 2. The smallest absolute Gasteiger partial charge is 0.341 e. The highest BCUT2D eigenvalue weighted by atomic mass is 32.1. The van der Waals surface area contributed by atoms with Crippen LogP contribution >= 0.6 is 11.3 Å². The third-order valence-electron chi connectivity index (χ3n) is 3.60. The number of carbonyl (C=O) groups is 2. The Bertz CT molecular complexity index is 896. The first-order chi connectivity index (χ1) is 12.7. The zero-order chi connectivity index (χ0) is 20.1. The van der Waals surface area contributed by atoms with Gasteiger partial charge >= 0.3 is 11.7 Å². The number of esters is 1. The summed E-state index contributed by atoms with van der Waals surface area (Å²) in [6.45, 7) is 4.80. The van der Waals surface area contributed by atoms with Crippen LogP contribution in [0.25, 0.3) is 0 Å². The van der Waals surface area contributed by atoms with E-state index in [1.54, 1.807) is 20.8 Å². The molecule has 1 heterocycles. The number of nitro benzene ring substituents is 1. The maximum absolute atomic E-state index is 13.3. The Labute approximate surface area is 158 Å². The quantitative estimate of drug-likeness (QED) is 0.435. The van der Waals surface area contributed by atoms with E-state index in [1.165, 1.54) is 11.3 Å². The van der Waals surface area contributed by atoms with Crippen molar-refractivity contribution in [2.45, 2.75) is 20.8 Å². The number of amides is 1. The van der Waals surface area contributed by atoms with Gasteiger partial charge in [-0.2, -0.15) is 0 Å². The lowest BCUT2D eigenvalue weighted by molar-refractivity contribution is -0.385. The third kappa shape index (κ3) is 4.79. The largest absolute Gasteiger partial charge is 0.477 e. The highest BCUT2D eigenvalue weighted by Crippen LogP contribution is 2.33. The van der Waals surface area contributed by atoms with Crippen molar-refractivity contribution in [2.24, 2.45) is 0 Å². The van der Waals surface area contributed by atoms with Crippen LogP contribution in [0.15, 0.2) is 18.2 Å². The summed E-state index contributed by atoms with van der Waals surface area (Å²) in [5, 5.41) is 13.8.